The summed E-state index contributed by atoms with van der Waals surface area (Å²) < 4.78 is 13.6. The van der Waals surface area contributed by atoms with E-state index in [1.807, 2.05) is 25.7 Å². The highest BCUT2D eigenvalue weighted by Gasteiger charge is 2.11. The van der Waals surface area contributed by atoms with Crippen LogP contribution in [-0.4, -0.2) is 30.4 Å². The molecule has 0 radical (unpaired) electrons. The number of hydrogen-bond donors (Lipinski definition) is 1. The van der Waals surface area contributed by atoms with Crippen LogP contribution in [0.4, 0.5) is 4.39 Å². The van der Waals surface area contributed by atoms with Crippen molar-refractivity contribution in [3.8, 4) is 0 Å². The Morgan fingerprint density at radius 1 is 1.40 bits per heavy atom. The number of carbonyl (C=O) groups excluding carboxylic acids is 1. The second kappa shape index (κ2) is 8.37. The van der Waals surface area contributed by atoms with Crippen LogP contribution in [0.25, 0.3) is 0 Å². The van der Waals surface area contributed by atoms with Gasteiger partial charge < -0.3 is 10.2 Å². The number of nitrogens with one attached hydrogen (secondary N) is 1. The number of halogens is 2. The first-order valence-electron chi connectivity index (χ1n) is 6.95. The van der Waals surface area contributed by atoms with Crippen LogP contribution in [-0.2, 0) is 4.79 Å². The minimum Gasteiger partial charge on any atom is -0.343 e. The molecule has 20 heavy (non-hydrogen) atoms. The maximum absolute atomic E-state index is 13.2. The Hall–Kier alpha value is -0.940. The highest BCUT2D eigenvalue weighted by Crippen LogP contribution is 2.21. The molecule has 0 saturated carbocycles. The highest BCUT2D eigenvalue weighted by molar-refractivity contribution is 9.10. The fourth-order valence-electron chi connectivity index (χ4n) is 2.03. The molecule has 0 heterocycles. The third-order valence-electron chi connectivity index (χ3n) is 3.35. The summed E-state index contributed by atoms with van der Waals surface area (Å²) in [5.74, 6) is -0.104. The van der Waals surface area contributed by atoms with Gasteiger partial charge in [-0.3, -0.25) is 4.79 Å². The summed E-state index contributed by atoms with van der Waals surface area (Å²) in [5.41, 5.74) is 0.994. The lowest BCUT2D eigenvalue weighted by Crippen LogP contribution is -2.33. The van der Waals surface area contributed by atoms with Gasteiger partial charge in [0.1, 0.15) is 5.82 Å². The molecule has 1 aromatic rings. The summed E-state index contributed by atoms with van der Waals surface area (Å²) in [6.45, 7) is 8.07. The third kappa shape index (κ3) is 4.87. The first-order chi connectivity index (χ1) is 9.49. The van der Waals surface area contributed by atoms with Crippen molar-refractivity contribution in [1.29, 1.82) is 0 Å². The third-order valence-corrected chi connectivity index (χ3v) is 3.96. The normalized spacial score (nSPS) is 12.2. The van der Waals surface area contributed by atoms with E-state index in [0.717, 1.165) is 18.7 Å². The summed E-state index contributed by atoms with van der Waals surface area (Å²) in [6, 6.07) is 5.04. The monoisotopic (exact) mass is 344 g/mol. The highest BCUT2D eigenvalue weighted by atomic mass is 79.9. The van der Waals surface area contributed by atoms with Gasteiger partial charge in [0.2, 0.25) is 5.91 Å². The largest absolute Gasteiger partial charge is 0.343 e. The Morgan fingerprint density at radius 3 is 2.60 bits per heavy atom. The molecule has 0 aliphatic rings. The summed E-state index contributed by atoms with van der Waals surface area (Å²) in [4.78, 5) is 13.7. The first-order valence-corrected chi connectivity index (χ1v) is 7.75. The lowest BCUT2D eigenvalue weighted by atomic mass is 10.1. The minimum atomic E-state index is -0.266. The van der Waals surface area contributed by atoms with Gasteiger partial charge in [-0.2, -0.15) is 0 Å². The molecule has 0 spiro atoms. The standard InChI is InChI=1S/C15H22BrFN2O/c1-4-19(5-2)15(20)8-9-18-11(3)12-6-7-14(17)13(16)10-12/h6-7,10-11,18H,4-5,8-9H2,1-3H3. The van der Waals surface area contributed by atoms with Crippen LogP contribution < -0.4 is 5.32 Å². The molecule has 1 amide bonds. The molecule has 0 bridgehead atoms. The van der Waals surface area contributed by atoms with Crippen LogP contribution in [0.15, 0.2) is 22.7 Å². The molecule has 3 nitrogen and oxygen atoms in total. The van der Waals surface area contributed by atoms with Crippen LogP contribution in [0.2, 0.25) is 0 Å². The van der Waals surface area contributed by atoms with E-state index < -0.39 is 0 Å². The van der Waals surface area contributed by atoms with E-state index in [9.17, 15) is 9.18 Å². The number of rotatable bonds is 7. The molecule has 1 N–H and O–H groups in total. The topological polar surface area (TPSA) is 32.3 Å². The summed E-state index contributed by atoms with van der Waals surface area (Å²) in [5, 5.41) is 3.29. The fraction of sp³-hybridized carbons (Fsp3) is 0.533. The van der Waals surface area contributed by atoms with Gasteiger partial charge in [0.05, 0.1) is 4.47 Å². The summed E-state index contributed by atoms with van der Waals surface area (Å²) in [6.07, 6.45) is 0.481. The lowest BCUT2D eigenvalue weighted by molar-refractivity contribution is -0.130. The zero-order valence-corrected chi connectivity index (χ0v) is 13.8. The smallest absolute Gasteiger partial charge is 0.223 e. The van der Waals surface area contributed by atoms with Gasteiger partial charge in [-0.05, 0) is 54.4 Å². The molecular formula is C15H22BrFN2O. The Kier molecular flexibility index (Phi) is 7.16. The number of hydrogen-bond acceptors (Lipinski definition) is 2. The Labute approximate surface area is 128 Å². The van der Waals surface area contributed by atoms with Crippen molar-refractivity contribution in [3.63, 3.8) is 0 Å². The molecule has 5 heteroatoms. The maximum atomic E-state index is 13.2. The average molecular weight is 345 g/mol. The van der Waals surface area contributed by atoms with Crippen LogP contribution >= 0.6 is 15.9 Å². The van der Waals surface area contributed by atoms with Crippen molar-refractivity contribution < 1.29 is 9.18 Å². The van der Waals surface area contributed by atoms with E-state index in [1.54, 1.807) is 12.1 Å². The SMILES string of the molecule is CCN(CC)C(=O)CCNC(C)c1ccc(F)c(Br)c1. The Bertz CT molecular complexity index is 449. The molecule has 1 atom stereocenters. The van der Waals surface area contributed by atoms with E-state index in [1.165, 1.54) is 6.07 Å². The van der Waals surface area contributed by atoms with Crippen molar-refractivity contribution in [2.75, 3.05) is 19.6 Å². The number of carbonyl (C=O) groups is 1. The number of amides is 1. The molecule has 0 aliphatic heterocycles. The van der Waals surface area contributed by atoms with E-state index >= 15 is 0 Å². The van der Waals surface area contributed by atoms with E-state index in [-0.39, 0.29) is 17.8 Å². The van der Waals surface area contributed by atoms with Crippen molar-refractivity contribution >= 4 is 21.8 Å². The predicted molar refractivity (Wildman–Crippen MR) is 83.1 cm³/mol. The van der Waals surface area contributed by atoms with E-state index in [4.69, 9.17) is 0 Å². The van der Waals surface area contributed by atoms with Gasteiger partial charge in [-0.25, -0.2) is 4.39 Å². The predicted octanol–water partition coefficient (Wildman–Crippen LogP) is 3.50. The van der Waals surface area contributed by atoms with Crippen LogP contribution in [0, 0.1) is 5.82 Å². The zero-order chi connectivity index (χ0) is 15.1. The van der Waals surface area contributed by atoms with Crippen LogP contribution in [0.3, 0.4) is 0 Å². The summed E-state index contributed by atoms with van der Waals surface area (Å²) in [7, 11) is 0. The molecular weight excluding hydrogens is 323 g/mol. The molecule has 0 aromatic heterocycles. The van der Waals surface area contributed by atoms with Crippen LogP contribution in [0.1, 0.15) is 38.8 Å². The molecule has 112 valence electrons. The first kappa shape index (κ1) is 17.1. The quantitative estimate of drug-likeness (QED) is 0.820. The number of nitrogens with zero attached hydrogens (tertiary/aromatic N) is 1. The van der Waals surface area contributed by atoms with Crippen molar-refractivity contribution in [2.45, 2.75) is 33.2 Å². The molecule has 0 fully saturated rings. The fourth-order valence-corrected chi connectivity index (χ4v) is 2.43. The van der Waals surface area contributed by atoms with Gasteiger partial charge in [0.15, 0.2) is 0 Å². The second-order valence-electron chi connectivity index (χ2n) is 4.67. The molecule has 0 saturated heterocycles. The molecule has 1 unspecified atom stereocenters. The van der Waals surface area contributed by atoms with Gasteiger partial charge in [-0.1, -0.05) is 6.07 Å². The van der Waals surface area contributed by atoms with Crippen molar-refractivity contribution in [2.24, 2.45) is 0 Å². The Morgan fingerprint density at radius 2 is 2.05 bits per heavy atom. The van der Waals surface area contributed by atoms with E-state index in [2.05, 4.69) is 21.2 Å². The van der Waals surface area contributed by atoms with E-state index in [0.29, 0.717) is 17.4 Å². The Balaban J connectivity index is 2.45. The van der Waals surface area contributed by atoms with Crippen molar-refractivity contribution in [1.82, 2.24) is 10.2 Å². The minimum absolute atomic E-state index is 0.0800. The second-order valence-corrected chi connectivity index (χ2v) is 5.52. The van der Waals surface area contributed by atoms with Gasteiger partial charge in [0.25, 0.3) is 0 Å². The van der Waals surface area contributed by atoms with Crippen molar-refractivity contribution in [3.05, 3.63) is 34.1 Å². The molecule has 0 aliphatic carbocycles. The maximum Gasteiger partial charge on any atom is 0.223 e. The number of benzene rings is 1. The van der Waals surface area contributed by atoms with Gasteiger partial charge in [-0.15, -0.1) is 0 Å². The van der Waals surface area contributed by atoms with Crippen LogP contribution in [0.5, 0.6) is 0 Å². The molecule has 1 aromatic carbocycles. The molecule has 1 rings (SSSR count). The van der Waals surface area contributed by atoms with Gasteiger partial charge >= 0.3 is 0 Å². The summed E-state index contributed by atoms with van der Waals surface area (Å²) >= 11 is 3.18. The zero-order valence-electron chi connectivity index (χ0n) is 12.2. The lowest BCUT2D eigenvalue weighted by Gasteiger charge is -2.20. The van der Waals surface area contributed by atoms with Gasteiger partial charge in [0, 0.05) is 32.1 Å². The average Bonchev–Trinajstić information content (AvgIpc) is 2.43.